The molecule has 0 saturated carbocycles. The monoisotopic (exact) mass is 332 g/mol. The van der Waals surface area contributed by atoms with Gasteiger partial charge in [-0.05, 0) is 31.8 Å². The first-order chi connectivity index (χ1) is 5.41. The Balaban J connectivity index is 0.000000292. The Hall–Kier alpha value is 0.168. The molecule has 67 valence electrons. The van der Waals surface area contributed by atoms with E-state index in [9.17, 15) is 0 Å². The molecule has 1 rings (SSSR count). The number of allylic oxidation sites excluding steroid dienone is 4. The van der Waals surface area contributed by atoms with Crippen LogP contribution in [0.25, 0.3) is 0 Å². The molecule has 0 unspecified atom stereocenters. The maximum atomic E-state index is 3.21. The van der Waals surface area contributed by atoms with Crippen LogP contribution in [0.2, 0.25) is 10.6 Å². The third kappa shape index (κ3) is 10.2. The molecule has 0 aromatic rings. The maximum Gasteiger partial charge on any atom is -0.0245 e. The van der Waals surface area contributed by atoms with Gasteiger partial charge < -0.3 is 0 Å². The van der Waals surface area contributed by atoms with E-state index >= 15 is 0 Å². The largest absolute Gasteiger partial charge is 0.0882 e. The van der Waals surface area contributed by atoms with E-state index in [1.807, 2.05) is 0 Å². The fourth-order valence-electron chi connectivity index (χ4n) is 0.786. The molecule has 1 aliphatic carbocycles. The van der Waals surface area contributed by atoms with Crippen LogP contribution in [0.15, 0.2) is 18.2 Å². The third-order valence-corrected chi connectivity index (χ3v) is 1.24. The molecule has 1 heteroatoms. The van der Waals surface area contributed by atoms with Gasteiger partial charge in [0.25, 0.3) is 0 Å². The van der Waals surface area contributed by atoms with Crippen molar-refractivity contribution in [3.05, 3.63) is 24.3 Å². The van der Waals surface area contributed by atoms with Crippen molar-refractivity contribution >= 4 is 0 Å². The fraction of sp³-hybridized carbons (Fsp3) is 0.600. The molecule has 1 radical (unpaired) electrons. The Morgan fingerprint density at radius 1 is 1.09 bits per heavy atom. The van der Waals surface area contributed by atoms with Gasteiger partial charge in [-0.3, -0.25) is 0 Å². The SMILES string of the molecule is [CH3][Pt][CH3].[C]1=CCCC=CCC1. The Bertz CT molecular complexity index is 88.0. The topological polar surface area (TPSA) is 0 Å². The summed E-state index contributed by atoms with van der Waals surface area (Å²) in [7, 11) is 0. The summed E-state index contributed by atoms with van der Waals surface area (Å²) in [5.41, 5.74) is 0. The van der Waals surface area contributed by atoms with Crippen molar-refractivity contribution in [1.29, 1.82) is 0 Å². The predicted octanol–water partition coefficient (Wildman–Crippen LogP) is 3.64. The van der Waals surface area contributed by atoms with Crippen LogP contribution in [0.1, 0.15) is 25.7 Å². The van der Waals surface area contributed by atoms with Gasteiger partial charge in [0.2, 0.25) is 0 Å². The van der Waals surface area contributed by atoms with E-state index in [1.54, 1.807) is 0 Å². The zero-order chi connectivity index (χ0) is 8.36. The van der Waals surface area contributed by atoms with Crippen LogP contribution in [-0.2, 0) is 18.6 Å². The summed E-state index contributed by atoms with van der Waals surface area (Å²) in [5.74, 6) is 0. The molecule has 0 aromatic heterocycles. The molecule has 0 heterocycles. The first-order valence-corrected chi connectivity index (χ1v) is 8.38. The van der Waals surface area contributed by atoms with Gasteiger partial charge in [-0.25, -0.2) is 0 Å². The van der Waals surface area contributed by atoms with Crippen LogP contribution in [0.5, 0.6) is 0 Å². The molecule has 0 aliphatic heterocycles. The molecule has 0 bridgehead atoms. The van der Waals surface area contributed by atoms with Crippen molar-refractivity contribution in [2.75, 3.05) is 0 Å². The van der Waals surface area contributed by atoms with Crippen LogP contribution in [-0.4, -0.2) is 0 Å². The van der Waals surface area contributed by atoms with Gasteiger partial charge in [-0.2, -0.15) is 0 Å². The molecule has 0 amide bonds. The van der Waals surface area contributed by atoms with Crippen molar-refractivity contribution in [2.45, 2.75) is 36.3 Å². The second kappa shape index (κ2) is 10.2. The van der Waals surface area contributed by atoms with E-state index in [0.29, 0.717) is 18.6 Å². The summed E-state index contributed by atoms with van der Waals surface area (Å²) in [4.78, 5) is 0. The van der Waals surface area contributed by atoms with Gasteiger partial charge in [-0.15, -0.1) is 0 Å². The molecule has 0 atom stereocenters. The zero-order valence-electron chi connectivity index (χ0n) is 7.38. The molecule has 11 heavy (non-hydrogen) atoms. The van der Waals surface area contributed by atoms with E-state index in [2.05, 4.69) is 34.9 Å². The summed E-state index contributed by atoms with van der Waals surface area (Å²) < 4.78 is 0. The average molecular weight is 332 g/mol. The van der Waals surface area contributed by atoms with E-state index in [0.717, 1.165) is 6.42 Å². The quantitative estimate of drug-likeness (QED) is 0.594. The minimum atomic E-state index is 0.583. The summed E-state index contributed by atoms with van der Waals surface area (Å²) >= 11 is 0.583. The second-order valence-corrected chi connectivity index (χ2v) is 4.58. The molecular formula is C10H17Pt. The molecule has 0 spiro atoms. The van der Waals surface area contributed by atoms with Crippen molar-refractivity contribution in [1.82, 2.24) is 0 Å². The van der Waals surface area contributed by atoms with E-state index < -0.39 is 0 Å². The van der Waals surface area contributed by atoms with Gasteiger partial charge in [-0.1, -0.05) is 18.2 Å². The van der Waals surface area contributed by atoms with Crippen LogP contribution in [0.4, 0.5) is 0 Å². The molecule has 0 saturated heterocycles. The molecule has 0 aromatic carbocycles. The van der Waals surface area contributed by atoms with Gasteiger partial charge in [0.15, 0.2) is 0 Å². The molecule has 0 nitrogen and oxygen atoms in total. The smallest absolute Gasteiger partial charge is 0.0245 e. The standard InChI is InChI=1S/C8H11.2CH3.Pt/c1-2-4-6-8-7-5-3-1;;;/h1-2,7H,3-6H2;2*1H3;. The second-order valence-electron chi connectivity index (χ2n) is 2.31. The van der Waals surface area contributed by atoms with E-state index in [4.69, 9.17) is 0 Å². The Morgan fingerprint density at radius 3 is 2.45 bits per heavy atom. The van der Waals surface area contributed by atoms with E-state index in [-0.39, 0.29) is 0 Å². The first kappa shape index (κ1) is 11.2. The van der Waals surface area contributed by atoms with Crippen molar-refractivity contribution < 1.29 is 18.6 Å². The van der Waals surface area contributed by atoms with Gasteiger partial charge in [0.05, 0.1) is 0 Å². The zero-order valence-corrected chi connectivity index (χ0v) is 9.65. The van der Waals surface area contributed by atoms with Gasteiger partial charge in [0.1, 0.15) is 0 Å². The summed E-state index contributed by atoms with van der Waals surface area (Å²) in [5, 5.41) is 4.47. The predicted molar refractivity (Wildman–Crippen MR) is 47.1 cm³/mol. The molecule has 0 N–H and O–H groups in total. The Labute approximate surface area is 79.3 Å². The van der Waals surface area contributed by atoms with Crippen molar-refractivity contribution in [3.8, 4) is 0 Å². The maximum absolute atomic E-state index is 3.21. The van der Waals surface area contributed by atoms with E-state index in [1.165, 1.54) is 19.3 Å². The van der Waals surface area contributed by atoms with Crippen LogP contribution in [0, 0.1) is 6.08 Å². The summed E-state index contributed by atoms with van der Waals surface area (Å²) in [6, 6.07) is 0. The van der Waals surface area contributed by atoms with Gasteiger partial charge >= 0.3 is 29.2 Å². The molecule has 1 aliphatic rings. The van der Waals surface area contributed by atoms with Crippen molar-refractivity contribution in [3.63, 3.8) is 0 Å². The number of rotatable bonds is 0. The number of hydrogen-bond donors (Lipinski definition) is 0. The normalized spacial score (nSPS) is 16.5. The molecular weight excluding hydrogens is 315 g/mol. The third-order valence-electron chi connectivity index (χ3n) is 1.24. The molecule has 0 fully saturated rings. The van der Waals surface area contributed by atoms with Crippen molar-refractivity contribution in [2.24, 2.45) is 0 Å². The van der Waals surface area contributed by atoms with Crippen LogP contribution < -0.4 is 0 Å². The average Bonchev–Trinajstić information content (AvgIpc) is 1.86. The Morgan fingerprint density at radius 2 is 1.73 bits per heavy atom. The minimum Gasteiger partial charge on any atom is -0.0882 e. The summed E-state index contributed by atoms with van der Waals surface area (Å²) in [6.07, 6.45) is 14.5. The first-order valence-electron chi connectivity index (χ1n) is 3.83. The van der Waals surface area contributed by atoms with Crippen LogP contribution in [0.3, 0.4) is 0 Å². The number of hydrogen-bond acceptors (Lipinski definition) is 0. The summed E-state index contributed by atoms with van der Waals surface area (Å²) in [6.45, 7) is 0. The van der Waals surface area contributed by atoms with Crippen LogP contribution >= 0.6 is 0 Å². The van der Waals surface area contributed by atoms with Gasteiger partial charge in [0, 0.05) is 0 Å². The minimum absolute atomic E-state index is 0.583. The Kier molecular flexibility index (Phi) is 10.3. The fourth-order valence-corrected chi connectivity index (χ4v) is 0.786.